The van der Waals surface area contributed by atoms with Gasteiger partial charge in [-0.2, -0.15) is 0 Å². The van der Waals surface area contributed by atoms with Crippen molar-refractivity contribution in [1.82, 2.24) is 10.3 Å². The van der Waals surface area contributed by atoms with E-state index in [4.69, 9.17) is 11.6 Å². The molecule has 0 aliphatic heterocycles. The van der Waals surface area contributed by atoms with Gasteiger partial charge < -0.3 is 5.32 Å². The van der Waals surface area contributed by atoms with Gasteiger partial charge in [0.1, 0.15) is 4.60 Å². The zero-order chi connectivity index (χ0) is 15.6. The number of benzene rings is 1. The van der Waals surface area contributed by atoms with Gasteiger partial charge in [-0.3, -0.25) is 4.79 Å². The summed E-state index contributed by atoms with van der Waals surface area (Å²) in [5.74, 6) is -0.124. The van der Waals surface area contributed by atoms with Gasteiger partial charge in [0.25, 0.3) is 5.91 Å². The van der Waals surface area contributed by atoms with Gasteiger partial charge in [-0.15, -0.1) is 0 Å². The lowest BCUT2D eigenvalue weighted by Gasteiger charge is -2.20. The topological polar surface area (TPSA) is 42.0 Å². The monoisotopic (exact) mass is 366 g/mol. The fraction of sp³-hybridized carbons (Fsp3) is 0.250. The Morgan fingerprint density at radius 3 is 2.38 bits per heavy atom. The minimum atomic E-state index is -0.284. The van der Waals surface area contributed by atoms with Crippen molar-refractivity contribution in [3.8, 4) is 11.3 Å². The van der Waals surface area contributed by atoms with Crippen LogP contribution in [-0.4, -0.2) is 16.4 Å². The van der Waals surface area contributed by atoms with Gasteiger partial charge in [-0.05, 0) is 61.0 Å². The van der Waals surface area contributed by atoms with Crippen molar-refractivity contribution in [3.63, 3.8) is 0 Å². The number of pyridine rings is 1. The summed E-state index contributed by atoms with van der Waals surface area (Å²) in [6.45, 7) is 5.84. The first-order chi connectivity index (χ1) is 9.74. The number of nitrogens with zero attached hydrogens (tertiary/aromatic N) is 1. The van der Waals surface area contributed by atoms with Crippen LogP contribution in [0.15, 0.2) is 41.0 Å². The molecule has 1 aromatic carbocycles. The summed E-state index contributed by atoms with van der Waals surface area (Å²) in [6, 6.07) is 10.8. The van der Waals surface area contributed by atoms with Crippen molar-refractivity contribution >= 4 is 33.4 Å². The van der Waals surface area contributed by atoms with E-state index in [-0.39, 0.29) is 11.4 Å². The molecule has 5 heteroatoms. The van der Waals surface area contributed by atoms with Crippen LogP contribution >= 0.6 is 27.5 Å². The van der Waals surface area contributed by atoms with Gasteiger partial charge in [0.05, 0.1) is 5.69 Å². The van der Waals surface area contributed by atoms with Crippen molar-refractivity contribution < 1.29 is 4.79 Å². The number of aromatic nitrogens is 1. The molecule has 1 aromatic heterocycles. The van der Waals surface area contributed by atoms with E-state index in [9.17, 15) is 4.79 Å². The number of amides is 1. The molecule has 21 heavy (non-hydrogen) atoms. The van der Waals surface area contributed by atoms with Crippen molar-refractivity contribution in [2.75, 3.05) is 0 Å². The number of halogens is 2. The molecule has 1 amide bonds. The molecule has 0 aliphatic rings. The van der Waals surface area contributed by atoms with E-state index in [0.29, 0.717) is 15.2 Å². The summed E-state index contributed by atoms with van der Waals surface area (Å²) in [7, 11) is 0. The Hall–Kier alpha value is -1.39. The first-order valence-corrected chi connectivity index (χ1v) is 7.68. The fourth-order valence-corrected chi connectivity index (χ4v) is 2.37. The standard InChI is InChI=1S/C16H16BrClN2O/c1-16(2,3)20-15(21)11-8-13(19-14(17)9-11)10-4-6-12(18)7-5-10/h4-9H,1-3H3,(H,20,21). The lowest BCUT2D eigenvalue weighted by molar-refractivity contribution is 0.0919. The van der Waals surface area contributed by atoms with Gasteiger partial charge in [0, 0.05) is 21.7 Å². The third kappa shape index (κ3) is 4.55. The number of nitrogens with one attached hydrogen (secondary N) is 1. The molecule has 0 bridgehead atoms. The molecule has 0 spiro atoms. The molecule has 0 radical (unpaired) electrons. The largest absolute Gasteiger partial charge is 0.347 e. The van der Waals surface area contributed by atoms with Gasteiger partial charge in [0.15, 0.2) is 0 Å². The van der Waals surface area contributed by atoms with Crippen LogP contribution in [0.4, 0.5) is 0 Å². The Labute approximate surface area is 137 Å². The molecular weight excluding hydrogens is 352 g/mol. The van der Waals surface area contributed by atoms with Gasteiger partial charge in [-0.1, -0.05) is 23.7 Å². The SMILES string of the molecule is CC(C)(C)NC(=O)c1cc(Br)nc(-c2ccc(Cl)cc2)c1. The average molecular weight is 368 g/mol. The summed E-state index contributed by atoms with van der Waals surface area (Å²) in [6.07, 6.45) is 0. The third-order valence-corrected chi connectivity index (χ3v) is 3.34. The lowest BCUT2D eigenvalue weighted by atomic mass is 10.1. The molecule has 0 fully saturated rings. The van der Waals surface area contributed by atoms with E-state index < -0.39 is 0 Å². The molecular formula is C16H16BrClN2O. The van der Waals surface area contributed by atoms with Crippen LogP contribution < -0.4 is 5.32 Å². The Bertz CT molecular complexity index is 663. The number of hydrogen-bond acceptors (Lipinski definition) is 2. The lowest BCUT2D eigenvalue weighted by Crippen LogP contribution is -2.40. The second kappa shape index (κ2) is 6.16. The van der Waals surface area contributed by atoms with E-state index >= 15 is 0 Å². The Kier molecular flexibility index (Phi) is 4.69. The molecule has 2 aromatic rings. The molecule has 0 saturated heterocycles. The summed E-state index contributed by atoms with van der Waals surface area (Å²) < 4.78 is 0.619. The van der Waals surface area contributed by atoms with Gasteiger partial charge in [0.2, 0.25) is 0 Å². The molecule has 1 N–H and O–H groups in total. The summed E-state index contributed by atoms with van der Waals surface area (Å²) in [5.41, 5.74) is 1.91. The minimum absolute atomic E-state index is 0.124. The second-order valence-corrected chi connectivity index (χ2v) is 7.02. The molecule has 0 saturated carbocycles. The quantitative estimate of drug-likeness (QED) is 0.782. The Morgan fingerprint density at radius 1 is 1.19 bits per heavy atom. The third-order valence-electron chi connectivity index (χ3n) is 2.68. The highest BCUT2D eigenvalue weighted by atomic mass is 79.9. The Morgan fingerprint density at radius 2 is 1.81 bits per heavy atom. The van der Waals surface area contributed by atoms with E-state index in [1.54, 1.807) is 24.3 Å². The maximum Gasteiger partial charge on any atom is 0.251 e. The molecule has 1 heterocycles. The average Bonchev–Trinajstić information content (AvgIpc) is 2.36. The van der Waals surface area contributed by atoms with Crippen molar-refractivity contribution in [1.29, 1.82) is 0 Å². The zero-order valence-corrected chi connectivity index (χ0v) is 14.4. The highest BCUT2D eigenvalue weighted by molar-refractivity contribution is 9.10. The van der Waals surface area contributed by atoms with E-state index in [1.165, 1.54) is 0 Å². The summed E-state index contributed by atoms with van der Waals surface area (Å²) >= 11 is 9.25. The molecule has 2 rings (SSSR count). The number of carbonyl (C=O) groups excluding carboxylic acids is 1. The van der Waals surface area contributed by atoms with Crippen LogP contribution in [0.1, 0.15) is 31.1 Å². The van der Waals surface area contributed by atoms with E-state index in [0.717, 1.165) is 11.3 Å². The summed E-state index contributed by atoms with van der Waals surface area (Å²) in [5, 5.41) is 3.61. The van der Waals surface area contributed by atoms with Crippen LogP contribution in [0.25, 0.3) is 11.3 Å². The molecule has 0 unspecified atom stereocenters. The van der Waals surface area contributed by atoms with Gasteiger partial charge in [-0.25, -0.2) is 4.98 Å². The van der Waals surface area contributed by atoms with Crippen LogP contribution in [0.3, 0.4) is 0 Å². The second-order valence-electron chi connectivity index (χ2n) is 5.77. The maximum absolute atomic E-state index is 12.3. The molecule has 0 aliphatic carbocycles. The normalized spacial score (nSPS) is 11.3. The van der Waals surface area contributed by atoms with Crippen molar-refractivity contribution in [2.24, 2.45) is 0 Å². The van der Waals surface area contributed by atoms with Crippen molar-refractivity contribution in [2.45, 2.75) is 26.3 Å². The zero-order valence-electron chi connectivity index (χ0n) is 12.1. The minimum Gasteiger partial charge on any atom is -0.347 e. The summed E-state index contributed by atoms with van der Waals surface area (Å²) in [4.78, 5) is 16.7. The first kappa shape index (κ1) is 16.0. The highest BCUT2D eigenvalue weighted by Crippen LogP contribution is 2.23. The van der Waals surface area contributed by atoms with E-state index in [1.807, 2.05) is 32.9 Å². The molecule has 0 atom stereocenters. The first-order valence-electron chi connectivity index (χ1n) is 6.51. The maximum atomic E-state index is 12.3. The van der Waals surface area contributed by atoms with Crippen LogP contribution in [0, 0.1) is 0 Å². The van der Waals surface area contributed by atoms with Crippen LogP contribution in [-0.2, 0) is 0 Å². The smallest absolute Gasteiger partial charge is 0.251 e. The number of rotatable bonds is 2. The Balaban J connectivity index is 2.37. The van der Waals surface area contributed by atoms with E-state index in [2.05, 4.69) is 26.2 Å². The van der Waals surface area contributed by atoms with Crippen molar-refractivity contribution in [3.05, 3.63) is 51.6 Å². The molecule has 3 nitrogen and oxygen atoms in total. The molecule has 110 valence electrons. The fourth-order valence-electron chi connectivity index (χ4n) is 1.81. The predicted molar refractivity (Wildman–Crippen MR) is 89.6 cm³/mol. The van der Waals surface area contributed by atoms with Crippen LogP contribution in [0.5, 0.6) is 0 Å². The number of hydrogen-bond donors (Lipinski definition) is 1. The van der Waals surface area contributed by atoms with Crippen LogP contribution in [0.2, 0.25) is 5.02 Å². The number of carbonyl (C=O) groups is 1. The predicted octanol–water partition coefficient (Wildman–Crippen LogP) is 4.69. The van der Waals surface area contributed by atoms with Gasteiger partial charge >= 0.3 is 0 Å². The highest BCUT2D eigenvalue weighted by Gasteiger charge is 2.16.